The first-order chi connectivity index (χ1) is 5.87. The molecule has 0 radical (unpaired) electrons. The zero-order chi connectivity index (χ0) is 10.9. The maximum atomic E-state index is 9.95. The molecule has 4 N–H and O–H groups in total. The maximum absolute atomic E-state index is 9.95. The number of hydrogen-bond donors (Lipinski definition) is 2. The Bertz CT molecular complexity index is 159. The van der Waals surface area contributed by atoms with Gasteiger partial charge in [-0.1, -0.05) is 13.5 Å². The molecule has 0 heterocycles. The van der Waals surface area contributed by atoms with Crippen LogP contribution in [0.5, 0.6) is 0 Å². The van der Waals surface area contributed by atoms with E-state index in [1.807, 2.05) is 0 Å². The van der Waals surface area contributed by atoms with E-state index in [4.69, 9.17) is 0 Å². The summed E-state index contributed by atoms with van der Waals surface area (Å²) < 4.78 is 1.09. The zero-order valence-electron chi connectivity index (χ0n) is 11.0. The fourth-order valence-electron chi connectivity index (χ4n) is 0.773. The van der Waals surface area contributed by atoms with Crippen LogP contribution in [0.2, 0.25) is 0 Å². The minimum Gasteiger partial charge on any atom is -1.00 e. The second kappa shape index (κ2) is 18.0. The Morgan fingerprint density at radius 3 is 1.75 bits per heavy atom. The molecule has 0 aromatic rings. The van der Waals surface area contributed by atoms with Crippen LogP contribution in [0, 0.1) is 0 Å². The number of amides is 1. The van der Waals surface area contributed by atoms with Crippen molar-refractivity contribution >= 4 is 29.9 Å². The SMILES string of the molecule is C=CC(=O)NC.CCC[N+](C)(C)C.I.N.[I-]. The smallest absolute Gasteiger partial charge is 0.243 e. The summed E-state index contributed by atoms with van der Waals surface area (Å²) in [5.74, 6) is -0.144. The quantitative estimate of drug-likeness (QED) is 0.317. The monoisotopic (exact) mass is 459 g/mol. The molecule has 0 saturated heterocycles. The highest BCUT2D eigenvalue weighted by Crippen LogP contribution is 1.90. The molecule has 0 aliphatic carbocycles. The van der Waals surface area contributed by atoms with Gasteiger partial charge in [0, 0.05) is 7.05 Å². The third-order valence-electron chi connectivity index (χ3n) is 1.33. The molecule has 6 heteroatoms. The van der Waals surface area contributed by atoms with Crippen LogP contribution >= 0.6 is 24.0 Å². The predicted molar refractivity (Wildman–Crippen MR) is 77.9 cm³/mol. The lowest BCUT2D eigenvalue weighted by Gasteiger charge is -2.22. The second-order valence-corrected chi connectivity index (χ2v) is 3.83. The third kappa shape index (κ3) is 36.5. The molecule has 0 aliphatic rings. The van der Waals surface area contributed by atoms with Crippen molar-refractivity contribution in [3.63, 3.8) is 0 Å². The number of nitrogens with one attached hydrogen (secondary N) is 1. The first-order valence-electron chi connectivity index (χ1n) is 4.52. The van der Waals surface area contributed by atoms with E-state index < -0.39 is 0 Å². The van der Waals surface area contributed by atoms with E-state index in [9.17, 15) is 4.79 Å². The number of halogens is 2. The number of carbonyl (C=O) groups is 1. The maximum Gasteiger partial charge on any atom is 0.243 e. The fourth-order valence-corrected chi connectivity index (χ4v) is 0.773. The summed E-state index contributed by atoms with van der Waals surface area (Å²) in [5, 5.41) is 2.36. The van der Waals surface area contributed by atoms with Crippen LogP contribution in [0.4, 0.5) is 0 Å². The molecule has 4 nitrogen and oxygen atoms in total. The molecular weight excluding hydrogens is 432 g/mol. The Morgan fingerprint density at radius 2 is 1.75 bits per heavy atom. The Kier molecular flexibility index (Phi) is 33.7. The molecule has 0 unspecified atom stereocenters. The number of hydrogen-bond acceptors (Lipinski definition) is 2. The van der Waals surface area contributed by atoms with Crippen molar-refractivity contribution in [3.05, 3.63) is 12.7 Å². The third-order valence-corrected chi connectivity index (χ3v) is 1.33. The van der Waals surface area contributed by atoms with Gasteiger partial charge >= 0.3 is 0 Å². The highest BCUT2D eigenvalue weighted by molar-refractivity contribution is 14.0. The van der Waals surface area contributed by atoms with E-state index in [2.05, 4.69) is 40.0 Å². The van der Waals surface area contributed by atoms with Gasteiger partial charge < -0.3 is 39.9 Å². The van der Waals surface area contributed by atoms with E-state index >= 15 is 0 Å². The molecule has 0 aromatic carbocycles. The fraction of sp³-hybridized carbons (Fsp3) is 0.700. The lowest BCUT2D eigenvalue weighted by Crippen LogP contribution is -3.00. The van der Waals surface area contributed by atoms with Crippen LogP contribution in [0.3, 0.4) is 0 Å². The van der Waals surface area contributed by atoms with E-state index in [1.54, 1.807) is 7.05 Å². The van der Waals surface area contributed by atoms with E-state index in [0.717, 1.165) is 4.48 Å². The van der Waals surface area contributed by atoms with Crippen molar-refractivity contribution in [1.82, 2.24) is 11.5 Å². The van der Waals surface area contributed by atoms with Crippen LogP contribution in [0.15, 0.2) is 12.7 Å². The van der Waals surface area contributed by atoms with Gasteiger partial charge in [0.15, 0.2) is 0 Å². The number of rotatable bonds is 3. The highest BCUT2D eigenvalue weighted by Gasteiger charge is 2.01. The molecule has 0 spiro atoms. The molecule has 0 aliphatic heterocycles. The van der Waals surface area contributed by atoms with Gasteiger partial charge in [-0.3, -0.25) is 4.79 Å². The van der Waals surface area contributed by atoms with Crippen LogP contribution in [0.25, 0.3) is 0 Å². The minimum absolute atomic E-state index is 0. The first kappa shape index (κ1) is 30.0. The Balaban J connectivity index is -0.0000000428. The topological polar surface area (TPSA) is 64.1 Å². The van der Waals surface area contributed by atoms with Gasteiger partial charge in [0.1, 0.15) is 0 Å². The Morgan fingerprint density at radius 1 is 1.38 bits per heavy atom. The summed E-state index contributed by atoms with van der Waals surface area (Å²) in [6, 6.07) is 0. The molecule has 0 bridgehead atoms. The lowest BCUT2D eigenvalue weighted by atomic mass is 10.4. The van der Waals surface area contributed by atoms with Gasteiger partial charge in [-0.05, 0) is 12.5 Å². The van der Waals surface area contributed by atoms with Crippen molar-refractivity contribution in [2.45, 2.75) is 13.3 Å². The van der Waals surface area contributed by atoms with Crippen molar-refractivity contribution in [2.75, 3.05) is 34.7 Å². The van der Waals surface area contributed by atoms with Crippen molar-refractivity contribution in [2.24, 2.45) is 0 Å². The van der Waals surface area contributed by atoms with Gasteiger partial charge in [0.2, 0.25) is 5.91 Å². The molecule has 16 heavy (non-hydrogen) atoms. The number of likely N-dealkylation sites (N-methyl/N-ethyl adjacent to an activating group) is 1. The summed E-state index contributed by atoms with van der Waals surface area (Å²) in [7, 11) is 8.19. The molecule has 0 atom stereocenters. The number of carbonyl (C=O) groups excluding carboxylic acids is 1. The highest BCUT2D eigenvalue weighted by atomic mass is 127. The van der Waals surface area contributed by atoms with E-state index in [1.165, 1.54) is 19.0 Å². The first-order valence-corrected chi connectivity index (χ1v) is 4.52. The molecular formula is C10H27I2N3O. The van der Waals surface area contributed by atoms with Crippen molar-refractivity contribution in [1.29, 1.82) is 0 Å². The summed E-state index contributed by atoms with van der Waals surface area (Å²) in [6.45, 7) is 6.71. The minimum atomic E-state index is -0.144. The van der Waals surface area contributed by atoms with Crippen LogP contribution in [-0.4, -0.2) is 45.1 Å². The van der Waals surface area contributed by atoms with Gasteiger partial charge in [-0.15, -0.1) is 24.0 Å². The largest absolute Gasteiger partial charge is 1.00 e. The van der Waals surface area contributed by atoms with Gasteiger partial charge in [-0.25, -0.2) is 0 Å². The molecule has 0 aromatic heterocycles. The predicted octanol–water partition coefficient (Wildman–Crippen LogP) is -1.19. The van der Waals surface area contributed by atoms with Crippen LogP contribution in [0.1, 0.15) is 13.3 Å². The van der Waals surface area contributed by atoms with Crippen molar-refractivity contribution in [3.8, 4) is 0 Å². The van der Waals surface area contributed by atoms with E-state index in [0.29, 0.717) is 0 Å². The Labute approximate surface area is 134 Å². The number of quaternary nitrogens is 1. The average Bonchev–Trinajstić information content (AvgIpc) is 2.02. The summed E-state index contributed by atoms with van der Waals surface area (Å²) in [4.78, 5) is 9.95. The zero-order valence-corrected chi connectivity index (χ0v) is 15.5. The van der Waals surface area contributed by atoms with Crippen molar-refractivity contribution < 1.29 is 33.3 Å². The molecule has 0 fully saturated rings. The van der Waals surface area contributed by atoms with Gasteiger partial charge in [0.05, 0.1) is 27.7 Å². The van der Waals surface area contributed by atoms with E-state index in [-0.39, 0.29) is 60.0 Å². The summed E-state index contributed by atoms with van der Waals surface area (Å²) in [5.41, 5.74) is 0. The van der Waals surface area contributed by atoms with Crippen LogP contribution < -0.4 is 35.4 Å². The van der Waals surface area contributed by atoms with Gasteiger partial charge in [0.25, 0.3) is 0 Å². The standard InChI is InChI=1S/C6H16N.C4H7NO.2HI.H3N/c1-5-6-7(2,3)4;1-3-4(6)5-2;;;/h5-6H2,1-4H3;3H,1H2,2H3,(H,5,6);2*1H;1H3/q+1;;;;/p-1. The van der Waals surface area contributed by atoms with Gasteiger partial charge in [-0.2, -0.15) is 0 Å². The molecule has 1 amide bonds. The average molecular weight is 459 g/mol. The lowest BCUT2D eigenvalue weighted by molar-refractivity contribution is -0.870. The molecule has 0 saturated carbocycles. The molecule has 0 rings (SSSR count). The molecule has 102 valence electrons. The summed E-state index contributed by atoms with van der Waals surface area (Å²) >= 11 is 0. The normalized spacial score (nSPS) is 7.81. The summed E-state index contributed by atoms with van der Waals surface area (Å²) in [6.07, 6.45) is 2.50. The number of nitrogens with zero attached hydrogens (tertiary/aromatic N) is 1. The van der Waals surface area contributed by atoms with Crippen LogP contribution in [-0.2, 0) is 4.79 Å². The Hall–Kier alpha value is 0.590. The second-order valence-electron chi connectivity index (χ2n) is 3.83.